The second-order valence-electron chi connectivity index (χ2n) is 6.24. The van der Waals surface area contributed by atoms with Crippen molar-refractivity contribution in [3.8, 4) is 6.07 Å². The summed E-state index contributed by atoms with van der Waals surface area (Å²) in [4.78, 5) is 6.02. The van der Waals surface area contributed by atoms with Crippen molar-refractivity contribution in [3.63, 3.8) is 0 Å². The van der Waals surface area contributed by atoms with E-state index in [2.05, 4.69) is 21.4 Å². The third kappa shape index (κ3) is 2.90. The van der Waals surface area contributed by atoms with Gasteiger partial charge in [0.2, 0.25) is 0 Å². The van der Waals surface area contributed by atoms with E-state index in [1.54, 1.807) is 17.1 Å². The molecule has 1 aliphatic rings. The van der Waals surface area contributed by atoms with Gasteiger partial charge in [-0.2, -0.15) is 5.26 Å². The second-order valence-corrected chi connectivity index (χ2v) is 6.24. The average Bonchev–Trinajstić information content (AvgIpc) is 3.06. The fraction of sp³-hybridized carbons (Fsp3) is 0.500. The molecule has 3 rings (SSSR count). The highest BCUT2D eigenvalue weighted by Gasteiger charge is 2.38. The standard InChI is InChI=1S/C16H20N6O/c1-12(2)22-10-15(19-20-22)16(23)5-3-7-21(11-16)14-4-6-18-9-13(14)8-17/h4,6,9-10,12,23H,3,5,7,11H2,1-2H3/t16-/m0/s1. The van der Waals surface area contributed by atoms with Gasteiger partial charge in [0.25, 0.3) is 0 Å². The van der Waals surface area contributed by atoms with Crippen molar-refractivity contribution >= 4 is 5.69 Å². The van der Waals surface area contributed by atoms with Gasteiger partial charge in [-0.05, 0) is 32.8 Å². The van der Waals surface area contributed by atoms with Crippen LogP contribution in [0.25, 0.3) is 0 Å². The number of hydrogen-bond acceptors (Lipinski definition) is 6. The van der Waals surface area contributed by atoms with Crippen LogP contribution in [0, 0.1) is 11.3 Å². The third-order valence-electron chi connectivity index (χ3n) is 4.25. The molecule has 1 aliphatic heterocycles. The highest BCUT2D eigenvalue weighted by molar-refractivity contribution is 5.58. The van der Waals surface area contributed by atoms with Crippen LogP contribution in [0.4, 0.5) is 5.69 Å². The molecule has 23 heavy (non-hydrogen) atoms. The van der Waals surface area contributed by atoms with Gasteiger partial charge in [0, 0.05) is 25.0 Å². The number of pyridine rings is 1. The maximum absolute atomic E-state index is 11.1. The van der Waals surface area contributed by atoms with Crippen LogP contribution in [-0.2, 0) is 5.60 Å². The fourth-order valence-electron chi connectivity index (χ4n) is 2.94. The predicted octanol–water partition coefficient (Wildman–Crippen LogP) is 1.61. The molecular formula is C16H20N6O. The van der Waals surface area contributed by atoms with Crippen LogP contribution in [0.3, 0.4) is 0 Å². The van der Waals surface area contributed by atoms with Crippen LogP contribution >= 0.6 is 0 Å². The molecule has 0 saturated carbocycles. The molecule has 2 aromatic rings. The lowest BCUT2D eigenvalue weighted by Crippen LogP contribution is -2.46. The maximum atomic E-state index is 11.1. The summed E-state index contributed by atoms with van der Waals surface area (Å²) in [6, 6.07) is 4.17. The highest BCUT2D eigenvalue weighted by atomic mass is 16.3. The lowest BCUT2D eigenvalue weighted by Gasteiger charge is -2.39. The first-order chi connectivity index (χ1) is 11.0. The van der Waals surface area contributed by atoms with Crippen molar-refractivity contribution in [2.45, 2.75) is 38.3 Å². The maximum Gasteiger partial charge on any atom is 0.127 e. The summed E-state index contributed by atoms with van der Waals surface area (Å²) in [5.74, 6) is 0. The summed E-state index contributed by atoms with van der Waals surface area (Å²) in [7, 11) is 0. The molecule has 0 bridgehead atoms. The Hall–Kier alpha value is -2.46. The van der Waals surface area contributed by atoms with Crippen LogP contribution in [0.5, 0.6) is 0 Å². The number of nitrogens with zero attached hydrogens (tertiary/aromatic N) is 6. The van der Waals surface area contributed by atoms with Gasteiger partial charge in [0.1, 0.15) is 17.4 Å². The van der Waals surface area contributed by atoms with Gasteiger partial charge in [-0.25, -0.2) is 4.68 Å². The summed E-state index contributed by atoms with van der Waals surface area (Å²) < 4.78 is 1.75. The second kappa shape index (κ2) is 5.97. The largest absolute Gasteiger partial charge is 0.382 e. The van der Waals surface area contributed by atoms with E-state index in [0.717, 1.165) is 18.7 Å². The first-order valence-electron chi connectivity index (χ1n) is 7.77. The van der Waals surface area contributed by atoms with E-state index in [1.807, 2.05) is 31.0 Å². The summed E-state index contributed by atoms with van der Waals surface area (Å²) >= 11 is 0. The molecule has 2 aromatic heterocycles. The van der Waals surface area contributed by atoms with E-state index in [4.69, 9.17) is 0 Å². The van der Waals surface area contributed by atoms with Gasteiger partial charge in [-0.1, -0.05) is 5.21 Å². The van der Waals surface area contributed by atoms with Crippen LogP contribution in [0.15, 0.2) is 24.7 Å². The zero-order valence-corrected chi connectivity index (χ0v) is 13.3. The van der Waals surface area contributed by atoms with E-state index < -0.39 is 5.60 Å². The van der Waals surface area contributed by atoms with E-state index >= 15 is 0 Å². The molecule has 1 saturated heterocycles. The predicted molar refractivity (Wildman–Crippen MR) is 84.7 cm³/mol. The highest BCUT2D eigenvalue weighted by Crippen LogP contribution is 2.33. The summed E-state index contributed by atoms with van der Waals surface area (Å²) in [6.07, 6.45) is 6.48. The third-order valence-corrected chi connectivity index (χ3v) is 4.25. The molecule has 0 aliphatic carbocycles. The molecule has 1 N–H and O–H groups in total. The molecule has 0 radical (unpaired) electrons. The molecule has 0 aromatic carbocycles. The number of aliphatic hydroxyl groups is 1. The van der Waals surface area contributed by atoms with E-state index in [1.165, 1.54) is 0 Å². The molecule has 3 heterocycles. The average molecular weight is 312 g/mol. The zero-order valence-electron chi connectivity index (χ0n) is 13.3. The normalized spacial score (nSPS) is 21.4. The molecule has 0 amide bonds. The topological polar surface area (TPSA) is 90.9 Å². The molecule has 7 heteroatoms. The molecule has 1 atom stereocenters. The number of hydrogen-bond donors (Lipinski definition) is 1. The van der Waals surface area contributed by atoms with Crippen molar-refractivity contribution in [1.29, 1.82) is 5.26 Å². The minimum atomic E-state index is -1.05. The Morgan fingerprint density at radius 1 is 1.43 bits per heavy atom. The summed E-state index contributed by atoms with van der Waals surface area (Å²) in [5, 5.41) is 28.6. The van der Waals surface area contributed by atoms with Crippen LogP contribution < -0.4 is 4.90 Å². The van der Waals surface area contributed by atoms with Crippen molar-refractivity contribution < 1.29 is 5.11 Å². The first kappa shape index (κ1) is 15.4. The van der Waals surface area contributed by atoms with Gasteiger partial charge < -0.3 is 10.0 Å². The Kier molecular flexibility index (Phi) is 4.01. The van der Waals surface area contributed by atoms with E-state index in [9.17, 15) is 10.4 Å². The molecule has 7 nitrogen and oxygen atoms in total. The van der Waals surface area contributed by atoms with E-state index in [-0.39, 0.29) is 6.04 Å². The van der Waals surface area contributed by atoms with Gasteiger partial charge in [0.15, 0.2) is 0 Å². The number of β-amino-alcohol motifs (C(OH)–C–C–N with tert-alkyl or cyclic N) is 1. The van der Waals surface area contributed by atoms with Gasteiger partial charge in [0.05, 0.1) is 24.0 Å². The quantitative estimate of drug-likeness (QED) is 0.926. The summed E-state index contributed by atoms with van der Waals surface area (Å²) in [5.41, 5.74) is 0.851. The minimum absolute atomic E-state index is 0.199. The monoisotopic (exact) mass is 312 g/mol. The van der Waals surface area contributed by atoms with Crippen LogP contribution in [-0.4, -0.2) is 38.2 Å². The van der Waals surface area contributed by atoms with Crippen molar-refractivity contribution in [2.24, 2.45) is 0 Å². The van der Waals surface area contributed by atoms with Crippen molar-refractivity contribution in [3.05, 3.63) is 35.9 Å². The van der Waals surface area contributed by atoms with Gasteiger partial charge in [-0.15, -0.1) is 5.10 Å². The lowest BCUT2D eigenvalue weighted by atomic mass is 9.89. The number of piperidine rings is 1. The summed E-state index contributed by atoms with van der Waals surface area (Å²) in [6.45, 7) is 5.22. The van der Waals surface area contributed by atoms with Crippen LogP contribution in [0.2, 0.25) is 0 Å². The zero-order chi connectivity index (χ0) is 16.4. The number of nitriles is 1. The first-order valence-corrected chi connectivity index (χ1v) is 7.77. The Morgan fingerprint density at radius 3 is 2.96 bits per heavy atom. The SMILES string of the molecule is CC(C)n1cc([C@]2(O)CCCN(c3ccncc3C#N)C2)nn1. The fourth-order valence-corrected chi connectivity index (χ4v) is 2.94. The molecular weight excluding hydrogens is 292 g/mol. The Balaban J connectivity index is 1.89. The van der Waals surface area contributed by atoms with E-state index in [0.29, 0.717) is 24.2 Å². The molecule has 0 spiro atoms. The van der Waals surface area contributed by atoms with Gasteiger partial charge in [-0.3, -0.25) is 4.98 Å². The van der Waals surface area contributed by atoms with Crippen LogP contribution in [0.1, 0.15) is 44.0 Å². The smallest absolute Gasteiger partial charge is 0.127 e. The Labute approximate surface area is 135 Å². The number of rotatable bonds is 3. The Bertz CT molecular complexity index is 734. The van der Waals surface area contributed by atoms with Crippen molar-refractivity contribution in [2.75, 3.05) is 18.0 Å². The molecule has 1 fully saturated rings. The Morgan fingerprint density at radius 2 is 2.26 bits per heavy atom. The van der Waals surface area contributed by atoms with Gasteiger partial charge >= 0.3 is 0 Å². The number of aromatic nitrogens is 4. The van der Waals surface area contributed by atoms with Crippen molar-refractivity contribution in [1.82, 2.24) is 20.0 Å². The lowest BCUT2D eigenvalue weighted by molar-refractivity contribution is 0.0176. The number of anilines is 1. The molecule has 120 valence electrons. The minimum Gasteiger partial charge on any atom is -0.382 e. The molecule has 0 unspecified atom stereocenters.